The van der Waals surface area contributed by atoms with E-state index in [4.69, 9.17) is 10.5 Å². The molecule has 100 valence electrons. The van der Waals surface area contributed by atoms with Crippen molar-refractivity contribution < 1.29 is 18.3 Å². The van der Waals surface area contributed by atoms with Crippen LogP contribution in [0, 0.1) is 5.92 Å². The van der Waals surface area contributed by atoms with Crippen LogP contribution in [-0.2, 0) is 9.84 Å². The van der Waals surface area contributed by atoms with Crippen LogP contribution in [0.3, 0.4) is 0 Å². The molecule has 3 N–H and O–H groups in total. The van der Waals surface area contributed by atoms with Crippen LogP contribution in [0.1, 0.15) is 6.42 Å². The molecule has 1 saturated heterocycles. The molecule has 6 heteroatoms. The van der Waals surface area contributed by atoms with Gasteiger partial charge < -0.3 is 15.6 Å². The van der Waals surface area contributed by atoms with E-state index in [1.54, 1.807) is 18.2 Å². The Morgan fingerprint density at radius 1 is 1.50 bits per heavy atom. The Labute approximate surface area is 106 Å². The van der Waals surface area contributed by atoms with E-state index in [1.807, 2.05) is 0 Å². The van der Waals surface area contributed by atoms with Crippen molar-refractivity contribution in [2.45, 2.75) is 12.5 Å². The summed E-state index contributed by atoms with van der Waals surface area (Å²) >= 11 is 0. The summed E-state index contributed by atoms with van der Waals surface area (Å²) in [5.41, 5.74) is 5.93. The van der Waals surface area contributed by atoms with Crippen LogP contribution in [0.2, 0.25) is 0 Å². The minimum atomic E-state index is -2.91. The van der Waals surface area contributed by atoms with Crippen molar-refractivity contribution >= 4 is 9.84 Å². The van der Waals surface area contributed by atoms with Crippen molar-refractivity contribution in [3.05, 3.63) is 24.3 Å². The Morgan fingerprint density at radius 3 is 2.89 bits per heavy atom. The van der Waals surface area contributed by atoms with Gasteiger partial charge in [-0.1, -0.05) is 6.07 Å². The molecule has 0 amide bonds. The van der Waals surface area contributed by atoms with Crippen LogP contribution >= 0.6 is 0 Å². The molecule has 1 fully saturated rings. The summed E-state index contributed by atoms with van der Waals surface area (Å²) in [6, 6.07) is 6.15. The van der Waals surface area contributed by atoms with E-state index >= 15 is 0 Å². The lowest BCUT2D eigenvalue weighted by Crippen LogP contribution is -2.36. The Kier molecular flexibility index (Phi) is 3.77. The van der Waals surface area contributed by atoms with Crippen LogP contribution in [0.15, 0.2) is 24.3 Å². The van der Waals surface area contributed by atoms with Gasteiger partial charge in [-0.25, -0.2) is 8.42 Å². The predicted octanol–water partition coefficient (Wildman–Crippen LogP) is 0.533. The summed E-state index contributed by atoms with van der Waals surface area (Å²) in [5.74, 6) is 0.998. The Hall–Kier alpha value is -1.27. The first-order valence-electron chi connectivity index (χ1n) is 5.84. The van der Waals surface area contributed by atoms with Crippen LogP contribution in [0.5, 0.6) is 11.5 Å². The average molecular weight is 271 g/mol. The minimum Gasteiger partial charge on any atom is -0.508 e. The zero-order valence-electron chi connectivity index (χ0n) is 9.95. The van der Waals surface area contributed by atoms with Crippen LogP contribution in [-0.4, -0.2) is 37.7 Å². The van der Waals surface area contributed by atoms with Crippen molar-refractivity contribution in [3.63, 3.8) is 0 Å². The Bertz CT molecular complexity index is 515. The van der Waals surface area contributed by atoms with Crippen LogP contribution in [0.4, 0.5) is 0 Å². The Morgan fingerprint density at radius 2 is 2.28 bits per heavy atom. The summed E-state index contributed by atoms with van der Waals surface area (Å²) in [5, 5.41) is 9.27. The van der Waals surface area contributed by atoms with E-state index in [2.05, 4.69) is 0 Å². The van der Waals surface area contributed by atoms with E-state index in [-0.39, 0.29) is 35.8 Å². The third-order valence-corrected chi connectivity index (χ3v) is 4.93. The molecule has 1 aliphatic rings. The van der Waals surface area contributed by atoms with E-state index in [1.165, 1.54) is 6.07 Å². The molecule has 1 aromatic carbocycles. The van der Waals surface area contributed by atoms with Gasteiger partial charge in [0.2, 0.25) is 0 Å². The fourth-order valence-corrected chi connectivity index (χ4v) is 3.96. The van der Waals surface area contributed by atoms with Crippen molar-refractivity contribution in [1.82, 2.24) is 0 Å². The second kappa shape index (κ2) is 5.16. The normalized spacial score (nSPS) is 23.7. The molecule has 1 heterocycles. The molecule has 1 aromatic rings. The molecule has 0 saturated carbocycles. The number of ether oxygens (including phenoxy) is 1. The minimum absolute atomic E-state index is 0.0349. The first-order valence-corrected chi connectivity index (χ1v) is 7.66. The van der Waals surface area contributed by atoms with Gasteiger partial charge in [0.15, 0.2) is 9.84 Å². The lowest BCUT2D eigenvalue weighted by Gasteiger charge is -2.18. The second-order valence-electron chi connectivity index (χ2n) is 4.64. The van der Waals surface area contributed by atoms with Crippen molar-refractivity contribution in [3.8, 4) is 11.5 Å². The average Bonchev–Trinajstić information content (AvgIpc) is 2.67. The number of sulfone groups is 1. The lowest BCUT2D eigenvalue weighted by molar-refractivity contribution is 0.254. The SMILES string of the molecule is NC(COc1cccc(O)c1)C1CCS(=O)(=O)C1. The monoisotopic (exact) mass is 271 g/mol. The van der Waals surface area contributed by atoms with Crippen molar-refractivity contribution in [2.24, 2.45) is 11.7 Å². The molecule has 0 aliphatic carbocycles. The maximum Gasteiger partial charge on any atom is 0.150 e. The second-order valence-corrected chi connectivity index (χ2v) is 6.86. The molecular formula is C12H17NO4S. The number of phenolic OH excluding ortho intramolecular Hbond substituents is 1. The van der Waals surface area contributed by atoms with Gasteiger partial charge in [0.1, 0.15) is 18.1 Å². The van der Waals surface area contributed by atoms with E-state index in [0.717, 1.165) is 0 Å². The number of phenols is 1. The molecular weight excluding hydrogens is 254 g/mol. The number of nitrogens with two attached hydrogens (primary N) is 1. The zero-order valence-corrected chi connectivity index (χ0v) is 10.8. The smallest absolute Gasteiger partial charge is 0.150 e. The molecule has 0 spiro atoms. The van der Waals surface area contributed by atoms with Gasteiger partial charge in [0, 0.05) is 12.1 Å². The first-order chi connectivity index (χ1) is 8.46. The van der Waals surface area contributed by atoms with E-state index in [9.17, 15) is 13.5 Å². The highest BCUT2D eigenvalue weighted by atomic mass is 32.2. The standard InChI is InChI=1S/C12H17NO4S/c13-12(9-4-5-18(15,16)8-9)7-17-11-3-1-2-10(14)6-11/h1-3,6,9,12,14H,4-5,7-8,13H2. The molecule has 0 radical (unpaired) electrons. The van der Waals surface area contributed by atoms with Crippen LogP contribution in [0.25, 0.3) is 0 Å². The first kappa shape index (κ1) is 13.2. The summed E-state index contributed by atoms with van der Waals surface area (Å²) in [4.78, 5) is 0. The van der Waals surface area contributed by atoms with Gasteiger partial charge >= 0.3 is 0 Å². The molecule has 0 aromatic heterocycles. The third kappa shape index (κ3) is 3.36. The number of hydrogen-bond donors (Lipinski definition) is 2. The van der Waals surface area contributed by atoms with Gasteiger partial charge in [-0.05, 0) is 24.5 Å². The zero-order chi connectivity index (χ0) is 13.2. The van der Waals surface area contributed by atoms with Crippen molar-refractivity contribution in [2.75, 3.05) is 18.1 Å². The molecule has 5 nitrogen and oxygen atoms in total. The summed E-state index contributed by atoms with van der Waals surface area (Å²) < 4.78 is 28.1. The highest BCUT2D eigenvalue weighted by Gasteiger charge is 2.32. The lowest BCUT2D eigenvalue weighted by atomic mass is 10.0. The van der Waals surface area contributed by atoms with Gasteiger partial charge in [0.05, 0.1) is 11.5 Å². The number of rotatable bonds is 4. The number of benzene rings is 1. The molecule has 1 aliphatic heterocycles. The molecule has 2 unspecified atom stereocenters. The quantitative estimate of drug-likeness (QED) is 0.834. The highest BCUT2D eigenvalue weighted by molar-refractivity contribution is 7.91. The van der Waals surface area contributed by atoms with Gasteiger partial charge in [-0.15, -0.1) is 0 Å². The summed E-state index contributed by atoms with van der Waals surface area (Å²) in [7, 11) is -2.91. The third-order valence-electron chi connectivity index (χ3n) is 3.13. The topological polar surface area (TPSA) is 89.6 Å². The van der Waals surface area contributed by atoms with Gasteiger partial charge in [-0.3, -0.25) is 0 Å². The predicted molar refractivity (Wildman–Crippen MR) is 68.3 cm³/mol. The molecule has 18 heavy (non-hydrogen) atoms. The molecule has 2 atom stereocenters. The molecule has 2 rings (SSSR count). The van der Waals surface area contributed by atoms with E-state index < -0.39 is 9.84 Å². The van der Waals surface area contributed by atoms with Crippen molar-refractivity contribution in [1.29, 1.82) is 0 Å². The maximum absolute atomic E-state index is 11.3. The highest BCUT2D eigenvalue weighted by Crippen LogP contribution is 2.22. The number of aromatic hydroxyl groups is 1. The van der Waals surface area contributed by atoms with Gasteiger partial charge in [0.25, 0.3) is 0 Å². The number of hydrogen-bond acceptors (Lipinski definition) is 5. The summed E-state index contributed by atoms with van der Waals surface area (Å²) in [6.07, 6.45) is 0.604. The van der Waals surface area contributed by atoms with E-state index in [0.29, 0.717) is 12.2 Å². The molecule has 0 bridgehead atoms. The fourth-order valence-electron chi connectivity index (χ4n) is 2.06. The Balaban J connectivity index is 1.87. The largest absolute Gasteiger partial charge is 0.508 e. The van der Waals surface area contributed by atoms with Crippen LogP contribution < -0.4 is 10.5 Å². The fraction of sp³-hybridized carbons (Fsp3) is 0.500. The summed E-state index contributed by atoms with van der Waals surface area (Å²) in [6.45, 7) is 0.254. The van der Waals surface area contributed by atoms with Gasteiger partial charge in [-0.2, -0.15) is 0 Å². The maximum atomic E-state index is 11.3.